The van der Waals surface area contributed by atoms with E-state index in [1.165, 1.54) is 52.8 Å². The third-order valence-corrected chi connectivity index (χ3v) is 6.48. The van der Waals surface area contributed by atoms with Crippen molar-refractivity contribution >= 4 is 44.1 Å². The van der Waals surface area contributed by atoms with Crippen molar-refractivity contribution in [3.63, 3.8) is 0 Å². The van der Waals surface area contributed by atoms with Crippen molar-refractivity contribution in [2.45, 2.75) is 13.0 Å². The Labute approximate surface area is 201 Å². The Morgan fingerprint density at radius 3 is 2.80 bits per heavy atom. The van der Waals surface area contributed by atoms with E-state index in [9.17, 15) is 24.8 Å². The third kappa shape index (κ3) is 3.81. The van der Waals surface area contributed by atoms with Gasteiger partial charge in [0.2, 0.25) is 5.78 Å². The highest BCUT2D eigenvalue weighted by Crippen LogP contribution is 2.45. The van der Waals surface area contributed by atoms with Crippen molar-refractivity contribution in [2.75, 3.05) is 11.5 Å². The molecule has 10 nitrogen and oxygen atoms in total. The number of ketones is 1. The van der Waals surface area contributed by atoms with Crippen LogP contribution in [0.3, 0.4) is 0 Å². The molecular weight excluding hydrogens is 474 g/mol. The van der Waals surface area contributed by atoms with Gasteiger partial charge in [-0.25, -0.2) is 4.98 Å². The Balaban J connectivity index is 1.67. The van der Waals surface area contributed by atoms with Gasteiger partial charge in [-0.05, 0) is 42.8 Å². The summed E-state index contributed by atoms with van der Waals surface area (Å²) in [5.41, 5.74) is 0.376. The molecule has 176 valence electrons. The summed E-state index contributed by atoms with van der Waals surface area (Å²) in [7, 11) is 0. The van der Waals surface area contributed by atoms with E-state index in [1.807, 2.05) is 6.92 Å². The van der Waals surface area contributed by atoms with Crippen molar-refractivity contribution in [3.8, 4) is 5.75 Å². The van der Waals surface area contributed by atoms with Crippen molar-refractivity contribution in [2.24, 2.45) is 0 Å². The first-order valence-corrected chi connectivity index (χ1v) is 11.3. The molecule has 0 bridgehead atoms. The number of ether oxygens (including phenoxy) is 1. The lowest BCUT2D eigenvalue weighted by molar-refractivity contribution is -0.384. The number of aliphatic hydroxyl groups is 1. The lowest BCUT2D eigenvalue weighted by Crippen LogP contribution is -2.31. The van der Waals surface area contributed by atoms with Crippen molar-refractivity contribution < 1.29 is 28.8 Å². The number of amides is 1. The number of carbonyl (C=O) groups is 2. The van der Waals surface area contributed by atoms with Crippen LogP contribution in [0.25, 0.3) is 10.2 Å². The van der Waals surface area contributed by atoms with Gasteiger partial charge in [-0.1, -0.05) is 23.5 Å². The van der Waals surface area contributed by atoms with E-state index in [-0.39, 0.29) is 27.7 Å². The first-order chi connectivity index (χ1) is 16.9. The minimum Gasteiger partial charge on any atom is -0.503 e. The van der Waals surface area contributed by atoms with Crippen LogP contribution >= 0.6 is 11.3 Å². The van der Waals surface area contributed by atoms with Gasteiger partial charge in [0.15, 0.2) is 16.7 Å². The Morgan fingerprint density at radius 1 is 1.26 bits per heavy atom. The number of hydrogen-bond acceptors (Lipinski definition) is 9. The molecule has 4 aromatic rings. The average molecular weight is 491 g/mol. The Hall–Kier alpha value is -4.51. The topological polar surface area (TPSA) is 136 Å². The molecule has 0 aliphatic carbocycles. The first-order valence-electron chi connectivity index (χ1n) is 10.5. The van der Waals surface area contributed by atoms with Gasteiger partial charge in [0.25, 0.3) is 11.6 Å². The molecule has 5 rings (SSSR count). The number of Topliss-reactive ketones (excluding diaryl/α,β-unsaturated/α-hetero) is 1. The lowest BCUT2D eigenvalue weighted by Gasteiger charge is -2.24. The second-order valence-corrected chi connectivity index (χ2v) is 8.57. The molecule has 0 saturated heterocycles. The van der Waals surface area contributed by atoms with Crippen LogP contribution in [-0.2, 0) is 4.79 Å². The fraction of sp³-hybridized carbons (Fsp3) is 0.125. The first kappa shape index (κ1) is 22.3. The maximum Gasteiger partial charge on any atom is 0.296 e. The largest absolute Gasteiger partial charge is 0.503 e. The Bertz CT molecular complexity index is 1510. The number of thiazole rings is 1. The number of aromatic nitrogens is 1. The molecule has 0 saturated carbocycles. The summed E-state index contributed by atoms with van der Waals surface area (Å²) < 4.78 is 11.5. The normalized spacial score (nSPS) is 15.7. The van der Waals surface area contributed by atoms with Gasteiger partial charge < -0.3 is 14.3 Å². The zero-order valence-corrected chi connectivity index (χ0v) is 19.0. The molecule has 0 radical (unpaired) electrons. The number of aliphatic hydroxyl groups excluding tert-OH is 1. The molecule has 0 fully saturated rings. The molecule has 11 heteroatoms. The summed E-state index contributed by atoms with van der Waals surface area (Å²) in [6.45, 7) is 2.34. The zero-order valence-electron chi connectivity index (χ0n) is 18.2. The molecule has 1 amide bonds. The maximum atomic E-state index is 13.3. The second kappa shape index (κ2) is 8.69. The summed E-state index contributed by atoms with van der Waals surface area (Å²) in [6.07, 6.45) is 1.30. The van der Waals surface area contributed by atoms with Gasteiger partial charge in [-0.2, -0.15) is 0 Å². The van der Waals surface area contributed by atoms with Gasteiger partial charge in [-0.15, -0.1) is 0 Å². The quantitative estimate of drug-likeness (QED) is 0.217. The molecule has 1 aliphatic heterocycles. The van der Waals surface area contributed by atoms with Gasteiger partial charge in [0.05, 0.1) is 39.6 Å². The van der Waals surface area contributed by atoms with Gasteiger partial charge in [-0.3, -0.25) is 24.6 Å². The van der Waals surface area contributed by atoms with Crippen LogP contribution in [0, 0.1) is 10.1 Å². The van der Waals surface area contributed by atoms with Crippen LogP contribution in [0.2, 0.25) is 0 Å². The molecule has 1 unspecified atom stereocenters. The van der Waals surface area contributed by atoms with Gasteiger partial charge in [0.1, 0.15) is 5.75 Å². The fourth-order valence-corrected chi connectivity index (χ4v) is 4.97. The molecule has 3 heterocycles. The number of nitro benzene ring substituents is 1. The van der Waals surface area contributed by atoms with Crippen molar-refractivity contribution in [1.82, 2.24) is 4.98 Å². The SMILES string of the molecule is CCOc1ccc2nc(N3C(=O)C(O)=C(C(=O)c4ccco4)C3c3cccc([N+](=O)[O-])c3)sc2c1. The predicted molar refractivity (Wildman–Crippen MR) is 127 cm³/mol. The number of nitro groups is 1. The highest BCUT2D eigenvalue weighted by molar-refractivity contribution is 7.22. The summed E-state index contributed by atoms with van der Waals surface area (Å²) >= 11 is 1.17. The van der Waals surface area contributed by atoms with Gasteiger partial charge >= 0.3 is 0 Å². The zero-order chi connectivity index (χ0) is 24.7. The standard InChI is InChI=1S/C24H17N3O7S/c1-2-33-15-8-9-16-18(12-15)35-24(25-16)26-20(13-5-3-6-14(11-13)27(31)32)19(22(29)23(26)30)21(28)17-7-4-10-34-17/h3-12,20,29H,2H2,1H3. The average Bonchev–Trinajstić information content (AvgIpc) is 3.58. The molecule has 0 spiro atoms. The van der Waals surface area contributed by atoms with E-state index in [0.29, 0.717) is 17.9 Å². The number of benzene rings is 2. The summed E-state index contributed by atoms with van der Waals surface area (Å²) in [4.78, 5) is 43.1. The van der Waals surface area contributed by atoms with E-state index in [1.54, 1.807) is 24.3 Å². The van der Waals surface area contributed by atoms with Gasteiger partial charge in [0, 0.05) is 12.1 Å². The predicted octanol–water partition coefficient (Wildman–Crippen LogP) is 4.98. The molecule has 1 aliphatic rings. The molecular formula is C24H17N3O7S. The molecule has 1 N–H and O–H groups in total. The highest BCUT2D eigenvalue weighted by atomic mass is 32.1. The summed E-state index contributed by atoms with van der Waals surface area (Å²) in [6, 6.07) is 12.6. The second-order valence-electron chi connectivity index (χ2n) is 7.56. The third-order valence-electron chi connectivity index (χ3n) is 5.46. The molecule has 2 aromatic carbocycles. The minimum atomic E-state index is -1.16. The minimum absolute atomic E-state index is 0.0812. The van der Waals surface area contributed by atoms with Crippen molar-refractivity contribution in [1.29, 1.82) is 0 Å². The van der Waals surface area contributed by atoms with E-state index >= 15 is 0 Å². The number of hydrogen-bond donors (Lipinski definition) is 1. The van der Waals surface area contributed by atoms with Crippen LogP contribution < -0.4 is 9.64 Å². The smallest absolute Gasteiger partial charge is 0.296 e. The number of anilines is 1. The number of furan rings is 1. The Morgan fingerprint density at radius 2 is 2.09 bits per heavy atom. The number of non-ortho nitro benzene ring substituents is 1. The highest BCUT2D eigenvalue weighted by Gasteiger charge is 2.46. The summed E-state index contributed by atoms with van der Waals surface area (Å²) in [5, 5.41) is 22.4. The molecule has 35 heavy (non-hydrogen) atoms. The molecule has 2 aromatic heterocycles. The molecule has 1 atom stereocenters. The van der Waals surface area contributed by atoms with E-state index in [0.717, 1.165) is 4.70 Å². The van der Waals surface area contributed by atoms with Crippen LogP contribution in [-0.4, -0.2) is 33.3 Å². The van der Waals surface area contributed by atoms with Crippen LogP contribution in [0.15, 0.2) is 76.6 Å². The number of rotatable bonds is 7. The van der Waals surface area contributed by atoms with E-state index < -0.39 is 28.4 Å². The van der Waals surface area contributed by atoms with Crippen LogP contribution in [0.1, 0.15) is 29.1 Å². The fourth-order valence-electron chi connectivity index (χ4n) is 3.95. The number of carbonyl (C=O) groups excluding carboxylic acids is 2. The Kier molecular flexibility index (Phi) is 5.53. The van der Waals surface area contributed by atoms with Crippen molar-refractivity contribution in [3.05, 3.63) is 93.6 Å². The monoisotopic (exact) mass is 491 g/mol. The lowest BCUT2D eigenvalue weighted by atomic mass is 9.95. The van der Waals surface area contributed by atoms with Crippen LogP contribution in [0.5, 0.6) is 5.75 Å². The van der Waals surface area contributed by atoms with Crippen LogP contribution in [0.4, 0.5) is 10.8 Å². The maximum absolute atomic E-state index is 13.3. The number of nitrogens with zero attached hydrogens (tertiary/aromatic N) is 3. The number of fused-ring (bicyclic) bond motifs is 1. The van der Waals surface area contributed by atoms with E-state index in [4.69, 9.17) is 9.15 Å². The summed E-state index contributed by atoms with van der Waals surface area (Å²) in [5.74, 6) is -1.77. The van der Waals surface area contributed by atoms with E-state index in [2.05, 4.69) is 4.98 Å².